The van der Waals surface area contributed by atoms with Gasteiger partial charge in [-0.05, 0) is 31.6 Å². The van der Waals surface area contributed by atoms with Crippen molar-refractivity contribution in [2.45, 2.75) is 52.6 Å². The first-order valence-electron chi connectivity index (χ1n) is 7.02. The Hall–Kier alpha value is -1.26. The van der Waals surface area contributed by atoms with Crippen LogP contribution in [0.4, 0.5) is 4.79 Å². The van der Waals surface area contributed by atoms with Crippen LogP contribution in [0.25, 0.3) is 0 Å². The Balaban J connectivity index is 2.81. The van der Waals surface area contributed by atoms with Crippen LogP contribution in [0.2, 0.25) is 0 Å². The van der Waals surface area contributed by atoms with Crippen LogP contribution in [0.3, 0.4) is 0 Å². The van der Waals surface area contributed by atoms with Crippen LogP contribution < -0.4 is 0 Å². The molecule has 5 heteroatoms. The van der Waals surface area contributed by atoms with E-state index < -0.39 is 12.0 Å². The lowest BCUT2D eigenvalue weighted by molar-refractivity contribution is -0.144. The number of nitrogens with zero attached hydrogens (tertiary/aromatic N) is 2. The molecule has 19 heavy (non-hydrogen) atoms. The van der Waals surface area contributed by atoms with Gasteiger partial charge in [0, 0.05) is 19.6 Å². The zero-order valence-corrected chi connectivity index (χ0v) is 12.6. The largest absolute Gasteiger partial charge is 0.480 e. The molecule has 3 unspecified atom stereocenters. The number of rotatable bonds is 3. The van der Waals surface area contributed by atoms with Gasteiger partial charge in [0.15, 0.2) is 0 Å². The van der Waals surface area contributed by atoms with Crippen molar-refractivity contribution in [3.05, 3.63) is 0 Å². The summed E-state index contributed by atoms with van der Waals surface area (Å²) in [6, 6.07) is -0.750. The van der Waals surface area contributed by atoms with Crippen molar-refractivity contribution in [1.82, 2.24) is 9.80 Å². The summed E-state index contributed by atoms with van der Waals surface area (Å²) >= 11 is 0. The molecular formula is C14H26N2O3. The molecule has 1 rings (SSSR count). The molecule has 1 aliphatic rings. The van der Waals surface area contributed by atoms with Crippen LogP contribution >= 0.6 is 0 Å². The number of carbonyl (C=O) groups is 2. The number of piperidine rings is 1. The van der Waals surface area contributed by atoms with Crippen molar-refractivity contribution >= 4 is 12.0 Å². The molecule has 1 heterocycles. The van der Waals surface area contributed by atoms with E-state index in [0.717, 1.165) is 6.42 Å². The van der Waals surface area contributed by atoms with E-state index in [-0.39, 0.29) is 12.1 Å². The second kappa shape index (κ2) is 6.26. The first-order valence-corrected chi connectivity index (χ1v) is 7.02. The lowest BCUT2D eigenvalue weighted by Crippen LogP contribution is -2.55. The first kappa shape index (κ1) is 15.8. The quantitative estimate of drug-likeness (QED) is 0.855. The van der Waals surface area contributed by atoms with Gasteiger partial charge in [-0.25, -0.2) is 9.59 Å². The lowest BCUT2D eigenvalue weighted by atomic mass is 9.92. The fourth-order valence-electron chi connectivity index (χ4n) is 2.43. The summed E-state index contributed by atoms with van der Waals surface area (Å²) < 4.78 is 0. The highest BCUT2D eigenvalue weighted by Crippen LogP contribution is 2.24. The minimum atomic E-state index is -0.898. The van der Waals surface area contributed by atoms with E-state index in [1.807, 2.05) is 13.8 Å². The van der Waals surface area contributed by atoms with E-state index in [2.05, 4.69) is 13.8 Å². The van der Waals surface area contributed by atoms with E-state index in [1.165, 1.54) is 4.90 Å². The summed E-state index contributed by atoms with van der Waals surface area (Å²) in [6.45, 7) is 8.68. The van der Waals surface area contributed by atoms with Gasteiger partial charge in [0.2, 0.25) is 0 Å². The normalized spacial score (nSPS) is 25.3. The minimum Gasteiger partial charge on any atom is -0.480 e. The van der Waals surface area contributed by atoms with E-state index in [4.69, 9.17) is 0 Å². The van der Waals surface area contributed by atoms with Crippen molar-refractivity contribution in [3.8, 4) is 0 Å². The number of hydrogen-bond acceptors (Lipinski definition) is 2. The Morgan fingerprint density at radius 1 is 1.32 bits per heavy atom. The predicted octanol–water partition coefficient (Wildman–Crippen LogP) is 2.27. The molecule has 1 fully saturated rings. The van der Waals surface area contributed by atoms with Gasteiger partial charge >= 0.3 is 12.0 Å². The monoisotopic (exact) mass is 270 g/mol. The molecule has 0 saturated carbocycles. The summed E-state index contributed by atoms with van der Waals surface area (Å²) in [4.78, 5) is 27.0. The van der Waals surface area contributed by atoms with Crippen LogP contribution in [0, 0.1) is 11.8 Å². The number of aliphatic carboxylic acids is 1. The van der Waals surface area contributed by atoms with Gasteiger partial charge in [0.25, 0.3) is 0 Å². The number of carbonyl (C=O) groups excluding carboxylic acids is 1. The first-order chi connectivity index (χ1) is 8.75. The second-order valence-electron chi connectivity index (χ2n) is 6.06. The lowest BCUT2D eigenvalue weighted by Gasteiger charge is -2.40. The standard InChI is InChI=1S/C14H26N2O3/c1-9(2)11(4)15(5)14(19)16-7-6-10(3)8-12(16)13(17)18/h9-12H,6-8H2,1-5H3,(H,17,18). The van der Waals surface area contributed by atoms with Crippen molar-refractivity contribution in [3.63, 3.8) is 0 Å². The number of carboxylic acid groups (broad SMARTS) is 1. The summed E-state index contributed by atoms with van der Waals surface area (Å²) in [5.41, 5.74) is 0. The topological polar surface area (TPSA) is 60.9 Å². The number of urea groups is 1. The molecule has 0 aromatic rings. The molecule has 0 aliphatic carbocycles. The van der Waals surface area contributed by atoms with E-state index in [0.29, 0.717) is 24.8 Å². The minimum absolute atomic E-state index is 0.0984. The maximum absolute atomic E-state index is 12.5. The summed E-state index contributed by atoms with van der Waals surface area (Å²) in [5.74, 6) is -0.190. The van der Waals surface area contributed by atoms with Gasteiger partial charge in [-0.15, -0.1) is 0 Å². The van der Waals surface area contributed by atoms with Crippen LogP contribution in [0.5, 0.6) is 0 Å². The molecule has 1 aliphatic heterocycles. The molecule has 0 bridgehead atoms. The highest BCUT2D eigenvalue weighted by Gasteiger charge is 2.37. The number of hydrogen-bond donors (Lipinski definition) is 1. The molecular weight excluding hydrogens is 244 g/mol. The van der Waals surface area contributed by atoms with E-state index in [1.54, 1.807) is 11.9 Å². The van der Waals surface area contributed by atoms with E-state index >= 15 is 0 Å². The maximum Gasteiger partial charge on any atom is 0.326 e. The number of carboxylic acids is 1. The highest BCUT2D eigenvalue weighted by atomic mass is 16.4. The second-order valence-corrected chi connectivity index (χ2v) is 6.06. The fourth-order valence-corrected chi connectivity index (χ4v) is 2.43. The van der Waals surface area contributed by atoms with Crippen LogP contribution in [-0.4, -0.2) is 52.6 Å². The van der Waals surface area contributed by atoms with Crippen molar-refractivity contribution in [1.29, 1.82) is 0 Å². The maximum atomic E-state index is 12.5. The third kappa shape index (κ3) is 3.61. The molecule has 0 aromatic heterocycles. The van der Waals surface area contributed by atoms with Crippen LogP contribution in [-0.2, 0) is 4.79 Å². The zero-order chi connectivity index (χ0) is 14.7. The van der Waals surface area contributed by atoms with Gasteiger partial charge in [-0.1, -0.05) is 20.8 Å². The summed E-state index contributed by atoms with van der Waals surface area (Å²) in [7, 11) is 1.75. The number of likely N-dealkylation sites (tertiary alicyclic amines) is 1. The smallest absolute Gasteiger partial charge is 0.326 e. The average molecular weight is 270 g/mol. The predicted molar refractivity (Wildman–Crippen MR) is 74.0 cm³/mol. The highest BCUT2D eigenvalue weighted by molar-refractivity contribution is 5.83. The molecule has 1 saturated heterocycles. The van der Waals surface area contributed by atoms with Crippen LogP contribution in [0.15, 0.2) is 0 Å². The third-order valence-corrected chi connectivity index (χ3v) is 4.27. The van der Waals surface area contributed by atoms with Crippen molar-refractivity contribution in [2.24, 2.45) is 11.8 Å². The Bertz CT molecular complexity index is 344. The summed E-state index contributed by atoms with van der Waals surface area (Å²) in [6.07, 6.45) is 1.42. The molecule has 0 spiro atoms. The molecule has 0 radical (unpaired) electrons. The van der Waals surface area contributed by atoms with Gasteiger partial charge in [-0.3, -0.25) is 0 Å². The summed E-state index contributed by atoms with van der Waals surface area (Å²) in [5, 5.41) is 9.29. The zero-order valence-electron chi connectivity index (χ0n) is 12.6. The third-order valence-electron chi connectivity index (χ3n) is 4.27. The Morgan fingerprint density at radius 3 is 2.37 bits per heavy atom. The van der Waals surface area contributed by atoms with Gasteiger partial charge in [-0.2, -0.15) is 0 Å². The average Bonchev–Trinajstić information content (AvgIpc) is 2.35. The fraction of sp³-hybridized carbons (Fsp3) is 0.857. The molecule has 3 atom stereocenters. The molecule has 5 nitrogen and oxygen atoms in total. The Labute approximate surface area is 115 Å². The number of amides is 2. The molecule has 2 amide bonds. The van der Waals surface area contributed by atoms with Gasteiger partial charge in [0.05, 0.1) is 0 Å². The molecule has 110 valence electrons. The van der Waals surface area contributed by atoms with Crippen LogP contribution in [0.1, 0.15) is 40.5 Å². The Morgan fingerprint density at radius 2 is 1.89 bits per heavy atom. The van der Waals surface area contributed by atoms with Crippen molar-refractivity contribution in [2.75, 3.05) is 13.6 Å². The molecule has 0 aromatic carbocycles. The van der Waals surface area contributed by atoms with Crippen molar-refractivity contribution < 1.29 is 14.7 Å². The van der Waals surface area contributed by atoms with Gasteiger partial charge < -0.3 is 14.9 Å². The van der Waals surface area contributed by atoms with Gasteiger partial charge in [0.1, 0.15) is 6.04 Å². The SMILES string of the molecule is CC1CCN(C(=O)N(C)C(C)C(C)C)C(C(=O)O)C1. The Kier molecular flexibility index (Phi) is 5.20. The van der Waals surface area contributed by atoms with E-state index in [9.17, 15) is 14.7 Å². The molecule has 1 N–H and O–H groups in total.